The molecule has 1 N–H and O–H groups in total. The first kappa shape index (κ1) is 16.2. The smallest absolute Gasteiger partial charge is 0.245 e. The van der Waals surface area contributed by atoms with Gasteiger partial charge < -0.3 is 5.32 Å². The molecule has 0 aromatic heterocycles. The molecule has 0 bridgehead atoms. The van der Waals surface area contributed by atoms with Crippen molar-refractivity contribution in [3.63, 3.8) is 0 Å². The minimum atomic E-state index is -1.26. The van der Waals surface area contributed by atoms with Gasteiger partial charge in [0.15, 0.2) is 11.7 Å². The fourth-order valence-corrected chi connectivity index (χ4v) is 3.01. The normalized spacial score (nSPS) is 16.6. The summed E-state index contributed by atoms with van der Waals surface area (Å²) in [6.45, 7) is 3.77. The number of nitrogens with one attached hydrogen (secondary N) is 1. The Labute approximate surface area is 131 Å². The lowest BCUT2D eigenvalue weighted by atomic mass is 9.92. The minimum absolute atomic E-state index is 0.101. The highest BCUT2D eigenvalue weighted by Crippen LogP contribution is 2.19. The van der Waals surface area contributed by atoms with E-state index >= 15 is 0 Å². The van der Waals surface area contributed by atoms with E-state index in [1.54, 1.807) is 6.07 Å². The van der Waals surface area contributed by atoms with Crippen LogP contribution in [-0.4, -0.2) is 17.7 Å². The largest absolute Gasteiger partial charge is 0.352 e. The van der Waals surface area contributed by atoms with E-state index in [1.807, 2.05) is 32.0 Å². The van der Waals surface area contributed by atoms with Crippen LogP contribution >= 0.6 is 0 Å². The van der Waals surface area contributed by atoms with Gasteiger partial charge in [0.25, 0.3) is 0 Å². The van der Waals surface area contributed by atoms with Gasteiger partial charge in [0.2, 0.25) is 5.91 Å². The average Bonchev–Trinajstić information content (AvgIpc) is 2.48. The molecule has 2 rings (SSSR count). The van der Waals surface area contributed by atoms with E-state index < -0.39 is 17.6 Å². The third-order valence-electron chi connectivity index (χ3n) is 4.25. The van der Waals surface area contributed by atoms with Crippen molar-refractivity contribution in [2.45, 2.75) is 52.0 Å². The van der Waals surface area contributed by atoms with Gasteiger partial charge in [-0.2, -0.15) is 5.26 Å². The SMILES string of the molecule is Cc1ccc(C(=O)C(C#N)C(=O)NC2CCCCC2)c(C)c1. The number of nitrogens with zero attached hydrogens (tertiary/aromatic N) is 1. The molecule has 0 heterocycles. The molecule has 1 unspecified atom stereocenters. The molecular formula is C18H22N2O2. The molecule has 4 heteroatoms. The lowest BCUT2D eigenvalue weighted by molar-refractivity contribution is -0.123. The number of Topliss-reactive ketones (excluding diaryl/α,β-unsaturated/α-hetero) is 1. The van der Waals surface area contributed by atoms with E-state index in [1.165, 1.54) is 6.42 Å². The average molecular weight is 298 g/mol. The Morgan fingerprint density at radius 2 is 1.91 bits per heavy atom. The third kappa shape index (κ3) is 3.73. The highest BCUT2D eigenvalue weighted by atomic mass is 16.2. The topological polar surface area (TPSA) is 70.0 Å². The van der Waals surface area contributed by atoms with Crippen molar-refractivity contribution in [2.24, 2.45) is 5.92 Å². The number of nitriles is 1. The van der Waals surface area contributed by atoms with E-state index in [0.717, 1.165) is 36.8 Å². The first-order valence-electron chi connectivity index (χ1n) is 7.84. The van der Waals surface area contributed by atoms with Crippen molar-refractivity contribution in [2.75, 3.05) is 0 Å². The Morgan fingerprint density at radius 1 is 1.23 bits per heavy atom. The number of hydrogen-bond acceptors (Lipinski definition) is 3. The summed E-state index contributed by atoms with van der Waals surface area (Å²) in [5, 5.41) is 12.1. The van der Waals surface area contributed by atoms with Crippen molar-refractivity contribution in [1.82, 2.24) is 5.32 Å². The Bertz CT molecular complexity index is 610. The van der Waals surface area contributed by atoms with Crippen LogP contribution in [0.2, 0.25) is 0 Å². The summed E-state index contributed by atoms with van der Waals surface area (Å²) in [6.07, 6.45) is 5.24. The number of ketones is 1. The van der Waals surface area contributed by atoms with E-state index in [9.17, 15) is 14.9 Å². The number of benzene rings is 1. The monoisotopic (exact) mass is 298 g/mol. The maximum absolute atomic E-state index is 12.5. The molecule has 0 saturated heterocycles. The van der Waals surface area contributed by atoms with Gasteiger partial charge in [0.05, 0.1) is 6.07 Å². The van der Waals surface area contributed by atoms with Crippen LogP contribution in [0.1, 0.15) is 53.6 Å². The van der Waals surface area contributed by atoms with Crippen LogP contribution in [0.15, 0.2) is 18.2 Å². The lowest BCUT2D eigenvalue weighted by Gasteiger charge is -2.23. The molecule has 1 aromatic carbocycles. The summed E-state index contributed by atoms with van der Waals surface area (Å²) in [5.41, 5.74) is 2.31. The fourth-order valence-electron chi connectivity index (χ4n) is 3.01. The zero-order valence-electron chi connectivity index (χ0n) is 13.2. The van der Waals surface area contributed by atoms with Crippen molar-refractivity contribution in [3.05, 3.63) is 34.9 Å². The van der Waals surface area contributed by atoms with Gasteiger partial charge in [-0.1, -0.05) is 43.0 Å². The molecule has 116 valence electrons. The molecular weight excluding hydrogens is 276 g/mol. The summed E-state index contributed by atoms with van der Waals surface area (Å²) in [5.74, 6) is -2.13. The predicted octanol–water partition coefficient (Wildman–Crippen LogP) is 3.07. The Morgan fingerprint density at radius 3 is 2.50 bits per heavy atom. The molecule has 1 aliphatic carbocycles. The second-order valence-electron chi connectivity index (χ2n) is 6.09. The van der Waals surface area contributed by atoms with Crippen LogP contribution in [0.5, 0.6) is 0 Å². The number of amides is 1. The maximum Gasteiger partial charge on any atom is 0.245 e. The molecule has 0 radical (unpaired) electrons. The summed E-state index contributed by atoms with van der Waals surface area (Å²) in [6, 6.07) is 7.39. The van der Waals surface area contributed by atoms with Gasteiger partial charge >= 0.3 is 0 Å². The molecule has 4 nitrogen and oxygen atoms in total. The van der Waals surface area contributed by atoms with Crippen LogP contribution in [-0.2, 0) is 4.79 Å². The molecule has 1 saturated carbocycles. The van der Waals surface area contributed by atoms with Gasteiger partial charge in [0.1, 0.15) is 0 Å². The fraction of sp³-hybridized carbons (Fsp3) is 0.500. The molecule has 1 atom stereocenters. The van der Waals surface area contributed by atoms with E-state index in [4.69, 9.17) is 0 Å². The number of hydrogen-bond donors (Lipinski definition) is 1. The van der Waals surface area contributed by atoms with E-state index in [-0.39, 0.29) is 6.04 Å². The van der Waals surface area contributed by atoms with Gasteiger partial charge in [-0.05, 0) is 32.3 Å². The summed E-state index contributed by atoms with van der Waals surface area (Å²) in [4.78, 5) is 24.8. The number of carbonyl (C=O) groups excluding carboxylic acids is 2. The lowest BCUT2D eigenvalue weighted by Crippen LogP contribution is -2.42. The summed E-state index contributed by atoms with van der Waals surface area (Å²) in [7, 11) is 0. The second-order valence-corrected chi connectivity index (χ2v) is 6.09. The maximum atomic E-state index is 12.5. The van der Waals surface area contributed by atoms with Gasteiger partial charge in [0, 0.05) is 11.6 Å². The first-order valence-corrected chi connectivity index (χ1v) is 7.84. The molecule has 22 heavy (non-hydrogen) atoms. The van der Waals surface area contributed by atoms with Gasteiger partial charge in [-0.3, -0.25) is 9.59 Å². The van der Waals surface area contributed by atoms with Crippen molar-refractivity contribution in [3.8, 4) is 6.07 Å². The van der Waals surface area contributed by atoms with Crippen LogP contribution < -0.4 is 5.32 Å². The van der Waals surface area contributed by atoms with Gasteiger partial charge in [-0.15, -0.1) is 0 Å². The Kier molecular flexibility index (Phi) is 5.32. The predicted molar refractivity (Wildman–Crippen MR) is 84.4 cm³/mol. The van der Waals surface area contributed by atoms with Crippen LogP contribution in [0.25, 0.3) is 0 Å². The molecule has 1 aromatic rings. The Hall–Kier alpha value is -2.15. The second kappa shape index (κ2) is 7.22. The zero-order chi connectivity index (χ0) is 16.1. The van der Waals surface area contributed by atoms with Crippen LogP contribution in [0, 0.1) is 31.1 Å². The van der Waals surface area contributed by atoms with Crippen LogP contribution in [0.3, 0.4) is 0 Å². The summed E-state index contributed by atoms with van der Waals surface area (Å²) >= 11 is 0. The minimum Gasteiger partial charge on any atom is -0.352 e. The highest BCUT2D eigenvalue weighted by molar-refractivity contribution is 6.12. The van der Waals surface area contributed by atoms with E-state index in [2.05, 4.69) is 5.32 Å². The summed E-state index contributed by atoms with van der Waals surface area (Å²) < 4.78 is 0. The molecule has 0 aliphatic heterocycles. The molecule has 1 fully saturated rings. The molecule has 0 spiro atoms. The van der Waals surface area contributed by atoms with Crippen molar-refractivity contribution in [1.29, 1.82) is 5.26 Å². The quantitative estimate of drug-likeness (QED) is 0.686. The Balaban J connectivity index is 2.11. The molecule has 1 aliphatic rings. The number of carbonyl (C=O) groups is 2. The molecule has 1 amide bonds. The van der Waals surface area contributed by atoms with Crippen molar-refractivity contribution < 1.29 is 9.59 Å². The first-order chi connectivity index (χ1) is 10.5. The van der Waals surface area contributed by atoms with Crippen LogP contribution in [0.4, 0.5) is 0 Å². The van der Waals surface area contributed by atoms with Gasteiger partial charge in [-0.25, -0.2) is 0 Å². The highest BCUT2D eigenvalue weighted by Gasteiger charge is 2.30. The van der Waals surface area contributed by atoms with Crippen molar-refractivity contribution >= 4 is 11.7 Å². The zero-order valence-corrected chi connectivity index (χ0v) is 13.2. The standard InChI is InChI=1S/C18H22N2O2/c1-12-8-9-15(13(2)10-12)17(21)16(11-19)18(22)20-14-6-4-3-5-7-14/h8-10,14,16H,3-7H2,1-2H3,(H,20,22). The third-order valence-corrected chi connectivity index (χ3v) is 4.25. The number of rotatable bonds is 4. The van der Waals surface area contributed by atoms with E-state index in [0.29, 0.717) is 5.56 Å². The number of aryl methyl sites for hydroxylation is 2.